The summed E-state index contributed by atoms with van der Waals surface area (Å²) in [5, 5.41) is 23.2. The molecular formula is C48H91NO5. The number of carbonyl (C=O) groups excluding carboxylic acids is 2. The highest BCUT2D eigenvalue weighted by atomic mass is 16.5. The van der Waals surface area contributed by atoms with E-state index in [1.54, 1.807) is 0 Å². The first-order valence-electron chi connectivity index (χ1n) is 23.6. The number of esters is 1. The number of nitrogens with one attached hydrogen (secondary N) is 1. The average molecular weight is 762 g/mol. The normalized spacial score (nSPS) is 12.9. The van der Waals surface area contributed by atoms with E-state index in [0.29, 0.717) is 25.9 Å². The van der Waals surface area contributed by atoms with Gasteiger partial charge < -0.3 is 20.3 Å². The first kappa shape index (κ1) is 52.3. The fraction of sp³-hybridized carbons (Fsp3) is 0.875. The maximum absolute atomic E-state index is 12.4. The fourth-order valence-corrected chi connectivity index (χ4v) is 7.04. The number of carbonyl (C=O) groups is 2. The van der Waals surface area contributed by atoms with Crippen molar-refractivity contribution in [2.24, 2.45) is 0 Å². The van der Waals surface area contributed by atoms with E-state index in [4.69, 9.17) is 4.74 Å². The van der Waals surface area contributed by atoms with Gasteiger partial charge in [0, 0.05) is 12.8 Å². The van der Waals surface area contributed by atoms with Crippen molar-refractivity contribution < 1.29 is 24.5 Å². The van der Waals surface area contributed by atoms with Crippen LogP contribution >= 0.6 is 0 Å². The molecule has 2 unspecified atom stereocenters. The van der Waals surface area contributed by atoms with Crippen molar-refractivity contribution >= 4 is 11.9 Å². The minimum Gasteiger partial charge on any atom is -0.466 e. The highest BCUT2D eigenvalue weighted by Gasteiger charge is 2.20. The molecule has 0 fully saturated rings. The second-order valence-corrected chi connectivity index (χ2v) is 16.1. The van der Waals surface area contributed by atoms with E-state index in [-0.39, 0.29) is 18.5 Å². The van der Waals surface area contributed by atoms with Crippen molar-refractivity contribution in [2.45, 2.75) is 257 Å². The Morgan fingerprint density at radius 1 is 0.500 bits per heavy atom. The Bertz CT molecular complexity index is 843. The Kier molecular flexibility index (Phi) is 42.7. The summed E-state index contributed by atoms with van der Waals surface area (Å²) in [6, 6.07) is -0.566. The van der Waals surface area contributed by atoms with Crippen LogP contribution in [0.25, 0.3) is 0 Å². The highest BCUT2D eigenvalue weighted by molar-refractivity contribution is 5.76. The Hall–Kier alpha value is -1.66. The topological polar surface area (TPSA) is 95.9 Å². The molecule has 2 atom stereocenters. The molecule has 6 nitrogen and oxygen atoms in total. The molecule has 54 heavy (non-hydrogen) atoms. The van der Waals surface area contributed by atoms with Gasteiger partial charge in [0.1, 0.15) is 0 Å². The number of allylic oxidation sites excluding steroid dienone is 4. The zero-order valence-electron chi connectivity index (χ0n) is 36.0. The van der Waals surface area contributed by atoms with Crippen molar-refractivity contribution in [1.29, 1.82) is 0 Å². The second-order valence-electron chi connectivity index (χ2n) is 16.1. The molecule has 0 aromatic carbocycles. The van der Waals surface area contributed by atoms with Crippen LogP contribution in [-0.2, 0) is 14.3 Å². The summed E-state index contributed by atoms with van der Waals surface area (Å²) < 4.78 is 5.41. The molecule has 0 aromatic rings. The Morgan fingerprint density at radius 2 is 0.870 bits per heavy atom. The molecule has 0 saturated heterocycles. The summed E-state index contributed by atoms with van der Waals surface area (Å²) in [6.45, 7) is 4.83. The van der Waals surface area contributed by atoms with Gasteiger partial charge in [-0.2, -0.15) is 0 Å². The standard InChI is InChI=1S/C48H91NO5/c1-3-5-7-9-11-13-15-17-18-19-20-24-28-32-36-40-46(51)45(44-50)49-47(52)41-37-33-29-25-22-23-27-31-35-39-43-54-48(53)42-38-34-30-26-21-16-14-12-10-8-6-4-2/h12,14,23,27,45-46,50-51H,3-11,13,15-22,24-26,28-44H2,1-2H3,(H,49,52)/b14-12-,27-23-. The van der Waals surface area contributed by atoms with Crippen LogP contribution in [0.15, 0.2) is 24.3 Å². The molecule has 0 heterocycles. The summed E-state index contributed by atoms with van der Waals surface area (Å²) in [4.78, 5) is 24.4. The van der Waals surface area contributed by atoms with Crippen LogP contribution in [0.3, 0.4) is 0 Å². The lowest BCUT2D eigenvalue weighted by Crippen LogP contribution is -2.45. The van der Waals surface area contributed by atoms with Crippen LogP contribution < -0.4 is 5.32 Å². The number of aliphatic hydroxyl groups is 2. The van der Waals surface area contributed by atoms with Gasteiger partial charge >= 0.3 is 5.97 Å². The van der Waals surface area contributed by atoms with Crippen molar-refractivity contribution in [1.82, 2.24) is 5.32 Å². The van der Waals surface area contributed by atoms with E-state index in [1.165, 1.54) is 135 Å². The van der Waals surface area contributed by atoms with E-state index >= 15 is 0 Å². The minimum absolute atomic E-state index is 0.0468. The van der Waals surface area contributed by atoms with Crippen LogP contribution in [0.4, 0.5) is 0 Å². The molecule has 0 aliphatic heterocycles. The highest BCUT2D eigenvalue weighted by Crippen LogP contribution is 2.15. The number of aliphatic hydroxyl groups excluding tert-OH is 2. The molecule has 1 amide bonds. The number of hydrogen-bond donors (Lipinski definition) is 3. The molecule has 0 aliphatic rings. The zero-order valence-corrected chi connectivity index (χ0v) is 36.0. The zero-order chi connectivity index (χ0) is 39.4. The number of rotatable bonds is 43. The third kappa shape index (κ3) is 40.0. The fourth-order valence-electron chi connectivity index (χ4n) is 7.04. The quantitative estimate of drug-likeness (QED) is 0.0327. The molecule has 0 aliphatic carbocycles. The summed E-state index contributed by atoms with van der Waals surface area (Å²) in [6.07, 6.45) is 49.9. The van der Waals surface area contributed by atoms with Gasteiger partial charge in [-0.1, -0.05) is 179 Å². The summed E-state index contributed by atoms with van der Waals surface area (Å²) in [5.74, 6) is -0.119. The predicted octanol–water partition coefficient (Wildman–Crippen LogP) is 13.6. The van der Waals surface area contributed by atoms with Crippen LogP contribution in [-0.4, -0.2) is 47.4 Å². The van der Waals surface area contributed by atoms with E-state index in [1.807, 2.05) is 0 Å². The van der Waals surface area contributed by atoms with Gasteiger partial charge in [0.25, 0.3) is 0 Å². The van der Waals surface area contributed by atoms with E-state index < -0.39 is 12.1 Å². The molecule has 0 aromatic heterocycles. The Morgan fingerprint density at radius 3 is 1.35 bits per heavy atom. The average Bonchev–Trinajstić information content (AvgIpc) is 3.17. The lowest BCUT2D eigenvalue weighted by atomic mass is 10.0. The molecule has 0 saturated carbocycles. The third-order valence-corrected chi connectivity index (χ3v) is 10.7. The van der Waals surface area contributed by atoms with E-state index in [9.17, 15) is 19.8 Å². The van der Waals surface area contributed by atoms with Gasteiger partial charge in [0.2, 0.25) is 5.91 Å². The molecule has 6 heteroatoms. The maximum atomic E-state index is 12.4. The Balaban J connectivity index is 3.55. The van der Waals surface area contributed by atoms with Crippen molar-refractivity contribution in [3.05, 3.63) is 24.3 Å². The minimum atomic E-state index is -0.685. The van der Waals surface area contributed by atoms with Gasteiger partial charge in [0.05, 0.1) is 25.4 Å². The van der Waals surface area contributed by atoms with Crippen molar-refractivity contribution in [3.8, 4) is 0 Å². The van der Waals surface area contributed by atoms with E-state index in [0.717, 1.165) is 77.0 Å². The number of ether oxygens (including phenoxy) is 1. The summed E-state index contributed by atoms with van der Waals surface area (Å²) in [7, 11) is 0. The monoisotopic (exact) mass is 762 g/mol. The SMILES string of the molecule is CCCCC/C=C\CCCCCCCC(=O)OCCCC/C=C\CCCCCCC(=O)NC(CO)C(O)CCCCCCCCCCCCCCCCC. The van der Waals surface area contributed by atoms with Gasteiger partial charge in [-0.15, -0.1) is 0 Å². The first-order valence-corrected chi connectivity index (χ1v) is 23.6. The van der Waals surface area contributed by atoms with Crippen LogP contribution in [0.1, 0.15) is 245 Å². The van der Waals surface area contributed by atoms with Crippen LogP contribution in [0.5, 0.6) is 0 Å². The van der Waals surface area contributed by atoms with Crippen molar-refractivity contribution in [3.63, 3.8) is 0 Å². The van der Waals surface area contributed by atoms with Gasteiger partial charge in [-0.3, -0.25) is 9.59 Å². The molecule has 3 N–H and O–H groups in total. The van der Waals surface area contributed by atoms with Gasteiger partial charge in [0.15, 0.2) is 0 Å². The van der Waals surface area contributed by atoms with Crippen LogP contribution in [0.2, 0.25) is 0 Å². The molecule has 0 radical (unpaired) electrons. The lowest BCUT2D eigenvalue weighted by molar-refractivity contribution is -0.143. The number of hydrogen-bond acceptors (Lipinski definition) is 5. The number of unbranched alkanes of at least 4 members (excludes halogenated alkanes) is 28. The molecular weight excluding hydrogens is 671 g/mol. The molecule has 0 rings (SSSR count). The summed E-state index contributed by atoms with van der Waals surface area (Å²) >= 11 is 0. The first-order chi connectivity index (χ1) is 26.5. The molecule has 318 valence electrons. The van der Waals surface area contributed by atoms with Gasteiger partial charge in [-0.25, -0.2) is 0 Å². The lowest BCUT2D eigenvalue weighted by Gasteiger charge is -2.22. The third-order valence-electron chi connectivity index (χ3n) is 10.7. The maximum Gasteiger partial charge on any atom is 0.305 e. The molecule has 0 spiro atoms. The second kappa shape index (κ2) is 44.1. The number of amides is 1. The largest absolute Gasteiger partial charge is 0.466 e. The summed E-state index contributed by atoms with van der Waals surface area (Å²) in [5.41, 5.74) is 0. The van der Waals surface area contributed by atoms with Gasteiger partial charge in [-0.05, 0) is 77.0 Å². The molecule has 0 bridgehead atoms. The Labute approximate surface area is 335 Å². The van der Waals surface area contributed by atoms with Crippen molar-refractivity contribution in [2.75, 3.05) is 13.2 Å². The predicted molar refractivity (Wildman–Crippen MR) is 232 cm³/mol. The smallest absolute Gasteiger partial charge is 0.305 e. The van der Waals surface area contributed by atoms with E-state index in [2.05, 4.69) is 43.5 Å². The van der Waals surface area contributed by atoms with Crippen LogP contribution in [0, 0.1) is 0 Å².